The predicted molar refractivity (Wildman–Crippen MR) is 82.0 cm³/mol. The Balaban J connectivity index is 2.06. The van der Waals surface area contributed by atoms with Gasteiger partial charge in [0, 0.05) is 25.0 Å². The second kappa shape index (κ2) is 7.17. The highest BCUT2D eigenvalue weighted by atomic mass is 16.3. The number of nitrogens with zero attached hydrogens (tertiary/aromatic N) is 3. The van der Waals surface area contributed by atoms with Gasteiger partial charge in [-0.25, -0.2) is 9.97 Å². The number of aliphatic hydroxyl groups excluding tert-OH is 1. The van der Waals surface area contributed by atoms with Crippen LogP contribution < -0.4 is 5.32 Å². The van der Waals surface area contributed by atoms with E-state index in [1.807, 2.05) is 12.1 Å². The first-order valence-electron chi connectivity index (χ1n) is 7.03. The lowest BCUT2D eigenvalue weighted by atomic mass is 10.1. The standard InChI is InChI=1S/C15H22N4O/c1-3-19(9-10-20)8-7-16-15-14-12(2)5-4-6-13(14)17-11-18-15/h4-6,11,20H,3,7-10H2,1-2H3,(H,16,17,18). The summed E-state index contributed by atoms with van der Waals surface area (Å²) in [7, 11) is 0. The number of hydrogen-bond donors (Lipinski definition) is 2. The minimum atomic E-state index is 0.198. The first-order valence-corrected chi connectivity index (χ1v) is 7.03. The zero-order chi connectivity index (χ0) is 14.4. The maximum Gasteiger partial charge on any atom is 0.137 e. The van der Waals surface area contributed by atoms with E-state index in [4.69, 9.17) is 5.11 Å². The fourth-order valence-corrected chi connectivity index (χ4v) is 2.32. The maximum absolute atomic E-state index is 8.98. The monoisotopic (exact) mass is 274 g/mol. The second-order valence-corrected chi connectivity index (χ2v) is 4.78. The summed E-state index contributed by atoms with van der Waals surface area (Å²) in [5.41, 5.74) is 2.14. The molecule has 2 aromatic rings. The molecule has 0 atom stereocenters. The third-order valence-electron chi connectivity index (χ3n) is 3.46. The number of anilines is 1. The Morgan fingerprint density at radius 1 is 1.25 bits per heavy atom. The van der Waals surface area contributed by atoms with Crippen molar-refractivity contribution in [3.05, 3.63) is 30.1 Å². The molecule has 2 N–H and O–H groups in total. The van der Waals surface area contributed by atoms with E-state index in [2.05, 4.69) is 40.1 Å². The largest absolute Gasteiger partial charge is 0.395 e. The number of likely N-dealkylation sites (N-methyl/N-ethyl adjacent to an activating group) is 1. The van der Waals surface area contributed by atoms with E-state index in [-0.39, 0.29) is 6.61 Å². The molecule has 0 saturated carbocycles. The number of hydrogen-bond acceptors (Lipinski definition) is 5. The maximum atomic E-state index is 8.98. The van der Waals surface area contributed by atoms with Gasteiger partial charge in [0.05, 0.1) is 12.1 Å². The van der Waals surface area contributed by atoms with Gasteiger partial charge in [-0.1, -0.05) is 19.1 Å². The fourth-order valence-electron chi connectivity index (χ4n) is 2.32. The van der Waals surface area contributed by atoms with Crippen LogP contribution in [-0.4, -0.2) is 52.8 Å². The first kappa shape index (κ1) is 14.7. The van der Waals surface area contributed by atoms with Gasteiger partial charge in [-0.05, 0) is 25.1 Å². The van der Waals surface area contributed by atoms with Gasteiger partial charge in [0.1, 0.15) is 12.1 Å². The molecule has 0 amide bonds. The number of aliphatic hydroxyl groups is 1. The SMILES string of the molecule is CCN(CCO)CCNc1ncnc2cccc(C)c12. The summed E-state index contributed by atoms with van der Waals surface area (Å²) in [6.07, 6.45) is 1.59. The molecule has 0 radical (unpaired) electrons. The molecule has 0 spiro atoms. The molecule has 1 aromatic carbocycles. The lowest BCUT2D eigenvalue weighted by Gasteiger charge is -2.19. The van der Waals surface area contributed by atoms with Crippen molar-refractivity contribution in [2.24, 2.45) is 0 Å². The number of nitrogens with one attached hydrogen (secondary N) is 1. The van der Waals surface area contributed by atoms with Crippen molar-refractivity contribution < 1.29 is 5.11 Å². The van der Waals surface area contributed by atoms with E-state index in [0.29, 0.717) is 6.54 Å². The van der Waals surface area contributed by atoms with Crippen molar-refractivity contribution in [3.63, 3.8) is 0 Å². The molecule has 2 rings (SSSR count). The molecule has 20 heavy (non-hydrogen) atoms. The third-order valence-corrected chi connectivity index (χ3v) is 3.46. The molecule has 1 aromatic heterocycles. The van der Waals surface area contributed by atoms with Crippen LogP contribution in [0.5, 0.6) is 0 Å². The molecule has 0 fully saturated rings. The van der Waals surface area contributed by atoms with Crippen LogP contribution in [0, 0.1) is 6.92 Å². The number of fused-ring (bicyclic) bond motifs is 1. The molecule has 0 unspecified atom stereocenters. The zero-order valence-corrected chi connectivity index (χ0v) is 12.1. The lowest BCUT2D eigenvalue weighted by molar-refractivity contribution is 0.206. The van der Waals surface area contributed by atoms with Crippen molar-refractivity contribution in [1.29, 1.82) is 0 Å². The topological polar surface area (TPSA) is 61.3 Å². The van der Waals surface area contributed by atoms with Crippen LogP contribution in [-0.2, 0) is 0 Å². The van der Waals surface area contributed by atoms with Crippen molar-refractivity contribution in [2.45, 2.75) is 13.8 Å². The van der Waals surface area contributed by atoms with Gasteiger partial charge in [0.25, 0.3) is 0 Å². The third kappa shape index (κ3) is 3.43. The Morgan fingerprint density at radius 3 is 2.85 bits per heavy atom. The van der Waals surface area contributed by atoms with Crippen LogP contribution in [0.2, 0.25) is 0 Å². The van der Waals surface area contributed by atoms with Gasteiger partial charge in [-0.3, -0.25) is 4.90 Å². The average Bonchev–Trinajstić information content (AvgIpc) is 2.46. The summed E-state index contributed by atoms with van der Waals surface area (Å²) >= 11 is 0. The van der Waals surface area contributed by atoms with Crippen LogP contribution in [0.3, 0.4) is 0 Å². The minimum absolute atomic E-state index is 0.198. The first-order chi connectivity index (χ1) is 9.76. The summed E-state index contributed by atoms with van der Waals surface area (Å²) in [6, 6.07) is 6.08. The van der Waals surface area contributed by atoms with Gasteiger partial charge in [0.2, 0.25) is 0 Å². The van der Waals surface area contributed by atoms with Gasteiger partial charge >= 0.3 is 0 Å². The van der Waals surface area contributed by atoms with Crippen molar-refractivity contribution in [3.8, 4) is 0 Å². The molecule has 0 aliphatic carbocycles. The molecule has 1 heterocycles. The van der Waals surface area contributed by atoms with Crippen LogP contribution in [0.4, 0.5) is 5.82 Å². The van der Waals surface area contributed by atoms with E-state index in [1.165, 1.54) is 5.56 Å². The smallest absolute Gasteiger partial charge is 0.137 e. The van der Waals surface area contributed by atoms with Gasteiger partial charge in [-0.15, -0.1) is 0 Å². The summed E-state index contributed by atoms with van der Waals surface area (Å²) < 4.78 is 0. The molecule has 0 aliphatic heterocycles. The van der Waals surface area contributed by atoms with E-state index < -0.39 is 0 Å². The molecule has 108 valence electrons. The van der Waals surface area contributed by atoms with Gasteiger partial charge in [-0.2, -0.15) is 0 Å². The summed E-state index contributed by atoms with van der Waals surface area (Å²) in [6.45, 7) is 7.69. The molecular formula is C15H22N4O. The Labute approximate surface area is 119 Å². The normalized spacial score (nSPS) is 11.2. The van der Waals surface area contributed by atoms with Crippen molar-refractivity contribution in [1.82, 2.24) is 14.9 Å². The quantitative estimate of drug-likeness (QED) is 0.804. The molecule has 5 nitrogen and oxygen atoms in total. The summed E-state index contributed by atoms with van der Waals surface area (Å²) in [4.78, 5) is 10.8. The molecule has 5 heteroatoms. The van der Waals surface area contributed by atoms with E-state index >= 15 is 0 Å². The average molecular weight is 274 g/mol. The van der Waals surface area contributed by atoms with E-state index in [9.17, 15) is 0 Å². The Bertz CT molecular complexity index is 553. The molecule has 0 aliphatic rings. The predicted octanol–water partition coefficient (Wildman–Crippen LogP) is 1.66. The number of aromatic nitrogens is 2. The highest BCUT2D eigenvalue weighted by Gasteiger charge is 2.06. The highest BCUT2D eigenvalue weighted by Crippen LogP contribution is 2.22. The number of aryl methyl sites for hydroxylation is 1. The van der Waals surface area contributed by atoms with Crippen LogP contribution in [0.15, 0.2) is 24.5 Å². The van der Waals surface area contributed by atoms with Crippen molar-refractivity contribution >= 4 is 16.7 Å². The van der Waals surface area contributed by atoms with Crippen LogP contribution >= 0.6 is 0 Å². The zero-order valence-electron chi connectivity index (χ0n) is 12.1. The lowest BCUT2D eigenvalue weighted by Crippen LogP contribution is -2.31. The second-order valence-electron chi connectivity index (χ2n) is 4.78. The van der Waals surface area contributed by atoms with E-state index in [0.717, 1.165) is 36.4 Å². The highest BCUT2D eigenvalue weighted by molar-refractivity contribution is 5.91. The Morgan fingerprint density at radius 2 is 2.10 bits per heavy atom. The fraction of sp³-hybridized carbons (Fsp3) is 0.467. The molecular weight excluding hydrogens is 252 g/mol. The summed E-state index contributed by atoms with van der Waals surface area (Å²) in [5.74, 6) is 0.883. The Hall–Kier alpha value is -1.72. The molecule has 0 bridgehead atoms. The number of rotatable bonds is 7. The van der Waals surface area contributed by atoms with Crippen LogP contribution in [0.1, 0.15) is 12.5 Å². The minimum Gasteiger partial charge on any atom is -0.395 e. The van der Waals surface area contributed by atoms with Gasteiger partial charge < -0.3 is 10.4 Å². The van der Waals surface area contributed by atoms with Crippen molar-refractivity contribution in [2.75, 3.05) is 38.1 Å². The number of benzene rings is 1. The summed E-state index contributed by atoms with van der Waals surface area (Å²) in [5, 5.41) is 13.4. The molecule has 0 saturated heterocycles. The van der Waals surface area contributed by atoms with Gasteiger partial charge in [0.15, 0.2) is 0 Å². The van der Waals surface area contributed by atoms with Crippen LogP contribution in [0.25, 0.3) is 10.9 Å². The Kier molecular flexibility index (Phi) is 5.26. The van der Waals surface area contributed by atoms with E-state index in [1.54, 1.807) is 6.33 Å².